The van der Waals surface area contributed by atoms with Gasteiger partial charge in [0.2, 0.25) is 0 Å². The van der Waals surface area contributed by atoms with Crippen molar-refractivity contribution in [3.63, 3.8) is 0 Å². The van der Waals surface area contributed by atoms with Gasteiger partial charge in [-0.15, -0.1) is 0 Å². The molecule has 0 aliphatic carbocycles. The summed E-state index contributed by atoms with van der Waals surface area (Å²) in [5.41, 5.74) is 7.24. The summed E-state index contributed by atoms with van der Waals surface area (Å²) in [4.78, 5) is 0.195. The highest BCUT2D eigenvalue weighted by Crippen LogP contribution is 2.35. The summed E-state index contributed by atoms with van der Waals surface area (Å²) >= 11 is 0. The number of benzene rings is 1. The molecule has 0 saturated heterocycles. The molecule has 6 heteroatoms. The quantitative estimate of drug-likeness (QED) is 0.926. The fourth-order valence-electron chi connectivity index (χ4n) is 2.45. The molecule has 0 unspecified atom stereocenters. The Kier molecular flexibility index (Phi) is 3.97. The molecule has 0 saturated carbocycles. The van der Waals surface area contributed by atoms with Gasteiger partial charge in [-0.05, 0) is 25.0 Å². The molecule has 2 rings (SSSR count). The van der Waals surface area contributed by atoms with E-state index < -0.39 is 10.0 Å². The lowest BCUT2D eigenvalue weighted by Crippen LogP contribution is -2.41. The van der Waals surface area contributed by atoms with Crippen LogP contribution in [0.25, 0.3) is 0 Å². The average molecular weight is 305 g/mol. The maximum atomic E-state index is 12.8. The van der Waals surface area contributed by atoms with E-state index in [1.807, 2.05) is 26.8 Å². The van der Waals surface area contributed by atoms with Crippen molar-refractivity contribution in [2.75, 3.05) is 0 Å². The molecule has 0 bridgehead atoms. The molecule has 1 aromatic carbocycles. The van der Waals surface area contributed by atoms with E-state index in [0.29, 0.717) is 12.0 Å². The van der Waals surface area contributed by atoms with E-state index in [-0.39, 0.29) is 22.7 Å². The van der Waals surface area contributed by atoms with Crippen LogP contribution in [0.15, 0.2) is 40.6 Å². The summed E-state index contributed by atoms with van der Waals surface area (Å²) in [6.45, 7) is 5.75. The summed E-state index contributed by atoms with van der Waals surface area (Å²) < 4.78 is 26.9. The molecule has 21 heavy (non-hydrogen) atoms. The molecule has 1 aliphatic heterocycles. The van der Waals surface area contributed by atoms with Gasteiger partial charge in [0.05, 0.1) is 22.6 Å². The van der Waals surface area contributed by atoms with Gasteiger partial charge < -0.3 is 5.73 Å². The van der Waals surface area contributed by atoms with Gasteiger partial charge in [0, 0.05) is 6.42 Å². The van der Waals surface area contributed by atoms with E-state index in [1.165, 1.54) is 4.31 Å². The van der Waals surface area contributed by atoms with Crippen LogP contribution in [0, 0.1) is 24.2 Å². The van der Waals surface area contributed by atoms with Gasteiger partial charge in [-0.1, -0.05) is 31.5 Å². The topological polar surface area (TPSA) is 87.2 Å². The van der Waals surface area contributed by atoms with Crippen LogP contribution in [-0.4, -0.2) is 18.8 Å². The van der Waals surface area contributed by atoms with Crippen molar-refractivity contribution < 1.29 is 8.42 Å². The Morgan fingerprint density at radius 2 is 1.90 bits per heavy atom. The molecule has 1 atom stereocenters. The first-order valence-corrected chi connectivity index (χ1v) is 8.23. The molecule has 0 spiro atoms. The van der Waals surface area contributed by atoms with Crippen LogP contribution < -0.4 is 5.73 Å². The van der Waals surface area contributed by atoms with Crippen molar-refractivity contribution in [1.82, 2.24) is 4.31 Å². The van der Waals surface area contributed by atoms with Gasteiger partial charge in [0.25, 0.3) is 10.0 Å². The number of sulfonamides is 1. The van der Waals surface area contributed by atoms with Gasteiger partial charge in [-0.2, -0.15) is 5.26 Å². The maximum Gasteiger partial charge on any atom is 0.265 e. The summed E-state index contributed by atoms with van der Waals surface area (Å²) in [5.74, 6) is 0.117. The van der Waals surface area contributed by atoms with Crippen molar-refractivity contribution in [3.05, 3.63) is 41.2 Å². The Morgan fingerprint density at radius 3 is 2.38 bits per heavy atom. The van der Waals surface area contributed by atoms with E-state index >= 15 is 0 Å². The highest BCUT2D eigenvalue weighted by atomic mass is 32.2. The zero-order chi connectivity index (χ0) is 15.8. The third kappa shape index (κ3) is 2.61. The van der Waals surface area contributed by atoms with Gasteiger partial charge in [0.1, 0.15) is 5.82 Å². The third-order valence-electron chi connectivity index (χ3n) is 3.74. The van der Waals surface area contributed by atoms with Crippen LogP contribution in [-0.2, 0) is 10.0 Å². The van der Waals surface area contributed by atoms with Crippen LogP contribution in [0.4, 0.5) is 0 Å². The molecule has 0 aromatic heterocycles. The minimum atomic E-state index is -3.74. The first-order chi connectivity index (χ1) is 9.78. The Hall–Kier alpha value is -2.00. The second-order valence-corrected chi connectivity index (χ2v) is 7.42. The predicted molar refractivity (Wildman–Crippen MR) is 80.3 cm³/mol. The van der Waals surface area contributed by atoms with Crippen LogP contribution in [0.1, 0.15) is 25.8 Å². The minimum absolute atomic E-state index is 0.0526. The zero-order valence-corrected chi connectivity index (χ0v) is 13.2. The predicted octanol–water partition coefficient (Wildman–Crippen LogP) is 2.11. The molecule has 2 N–H and O–H groups in total. The fraction of sp³-hybridized carbons (Fsp3) is 0.400. The smallest absolute Gasteiger partial charge is 0.265 e. The van der Waals surface area contributed by atoms with Crippen LogP contribution in [0.5, 0.6) is 0 Å². The van der Waals surface area contributed by atoms with Crippen molar-refractivity contribution in [3.8, 4) is 6.07 Å². The molecule has 0 fully saturated rings. The second-order valence-electron chi connectivity index (χ2n) is 5.61. The average Bonchev–Trinajstić information content (AvgIpc) is 2.77. The summed E-state index contributed by atoms with van der Waals surface area (Å²) in [7, 11) is -3.74. The standard InChI is InChI=1S/C15H19N3O2S/c1-10(2)14-8-12(9-16)15(17)18(14)21(19,20)13-6-4-11(3)5-7-13/h4-7,10,14H,8,17H2,1-3H3/t14-/m1/s1. The molecule has 0 amide bonds. The van der Waals surface area contributed by atoms with E-state index in [2.05, 4.69) is 0 Å². The largest absolute Gasteiger partial charge is 0.384 e. The zero-order valence-electron chi connectivity index (χ0n) is 12.4. The summed E-state index contributed by atoms with van der Waals surface area (Å²) in [6.07, 6.45) is 0.366. The van der Waals surface area contributed by atoms with Gasteiger partial charge in [-0.25, -0.2) is 12.7 Å². The lowest BCUT2D eigenvalue weighted by atomic mass is 10.0. The third-order valence-corrected chi connectivity index (χ3v) is 5.60. The number of nitriles is 1. The number of hydrogen-bond donors (Lipinski definition) is 1. The van der Waals surface area contributed by atoms with Crippen molar-refractivity contribution in [1.29, 1.82) is 5.26 Å². The summed E-state index contributed by atoms with van der Waals surface area (Å²) in [6, 6.07) is 8.33. The Bertz CT molecular complexity index is 712. The van der Waals surface area contributed by atoms with E-state index in [4.69, 9.17) is 11.0 Å². The maximum absolute atomic E-state index is 12.8. The summed E-state index contributed by atoms with van der Waals surface area (Å²) in [5, 5.41) is 9.12. The van der Waals surface area contributed by atoms with Crippen molar-refractivity contribution in [2.45, 2.75) is 38.1 Å². The first-order valence-electron chi connectivity index (χ1n) is 6.79. The number of aryl methyl sites for hydroxylation is 1. The molecule has 5 nitrogen and oxygen atoms in total. The van der Waals surface area contributed by atoms with E-state index in [0.717, 1.165) is 5.56 Å². The van der Waals surface area contributed by atoms with Gasteiger partial charge in [-0.3, -0.25) is 0 Å². The molecule has 112 valence electrons. The first kappa shape index (κ1) is 15.4. The van der Waals surface area contributed by atoms with E-state index in [9.17, 15) is 8.42 Å². The van der Waals surface area contributed by atoms with E-state index in [1.54, 1.807) is 24.3 Å². The normalized spacial score (nSPS) is 19.2. The van der Waals surface area contributed by atoms with Crippen LogP contribution >= 0.6 is 0 Å². The van der Waals surface area contributed by atoms with Crippen LogP contribution in [0.2, 0.25) is 0 Å². The Labute approximate surface area is 125 Å². The monoisotopic (exact) mass is 305 g/mol. The lowest BCUT2D eigenvalue weighted by Gasteiger charge is -2.29. The Morgan fingerprint density at radius 1 is 1.33 bits per heavy atom. The second kappa shape index (κ2) is 5.41. The van der Waals surface area contributed by atoms with Crippen molar-refractivity contribution >= 4 is 10.0 Å². The highest BCUT2D eigenvalue weighted by Gasteiger charge is 2.40. The van der Waals surface area contributed by atoms with Gasteiger partial charge in [0.15, 0.2) is 0 Å². The SMILES string of the molecule is Cc1ccc(S(=O)(=O)N2C(N)=C(C#N)C[C@@H]2C(C)C)cc1. The molecular formula is C15H19N3O2S. The molecule has 1 heterocycles. The number of nitrogens with zero attached hydrogens (tertiary/aromatic N) is 2. The molecule has 1 aromatic rings. The highest BCUT2D eigenvalue weighted by molar-refractivity contribution is 7.89. The number of hydrogen-bond acceptors (Lipinski definition) is 4. The minimum Gasteiger partial charge on any atom is -0.384 e. The molecular weight excluding hydrogens is 286 g/mol. The lowest BCUT2D eigenvalue weighted by molar-refractivity contribution is 0.324. The number of nitrogens with two attached hydrogens (primary N) is 1. The van der Waals surface area contributed by atoms with Crippen molar-refractivity contribution in [2.24, 2.45) is 11.7 Å². The number of rotatable bonds is 3. The Balaban J connectivity index is 2.53. The van der Waals surface area contributed by atoms with Gasteiger partial charge >= 0.3 is 0 Å². The molecule has 0 radical (unpaired) electrons. The fourth-order valence-corrected chi connectivity index (χ4v) is 4.20. The van der Waals surface area contributed by atoms with Crippen LogP contribution in [0.3, 0.4) is 0 Å². The molecule has 1 aliphatic rings.